The molecule has 0 aliphatic rings. The second-order valence-corrected chi connectivity index (χ2v) is 11.0. The molecule has 0 amide bonds. The number of benzene rings is 5. The van der Waals surface area contributed by atoms with Gasteiger partial charge in [-0.2, -0.15) is 0 Å². The summed E-state index contributed by atoms with van der Waals surface area (Å²) in [4.78, 5) is 13.8. The van der Waals surface area contributed by atoms with Crippen molar-refractivity contribution in [1.29, 1.82) is 0 Å². The molecular formula is C36H33LiO4P. The first-order valence-corrected chi connectivity index (χ1v) is 14.6. The molecule has 5 aromatic rings. The van der Waals surface area contributed by atoms with Crippen LogP contribution in [0.3, 0.4) is 0 Å². The maximum atomic E-state index is 13.8. The predicted octanol–water partition coefficient (Wildman–Crippen LogP) is 7.80. The van der Waals surface area contributed by atoms with Gasteiger partial charge in [0.25, 0.3) is 0 Å². The normalized spacial score (nSPS) is 10.7. The van der Waals surface area contributed by atoms with E-state index >= 15 is 0 Å². The van der Waals surface area contributed by atoms with Crippen LogP contribution >= 0.6 is 8.58 Å². The number of rotatable bonds is 12. The van der Waals surface area contributed by atoms with Crippen LogP contribution in [-0.2, 0) is 19.8 Å². The molecule has 0 N–H and O–H groups in total. The fourth-order valence-electron chi connectivity index (χ4n) is 4.56. The Hall–Kier alpha value is -3.80. The van der Waals surface area contributed by atoms with Crippen LogP contribution < -0.4 is 19.5 Å². The van der Waals surface area contributed by atoms with Crippen LogP contribution in [-0.4, -0.2) is 24.4 Å². The maximum absolute atomic E-state index is 13.8. The summed E-state index contributed by atoms with van der Waals surface area (Å²) >= 11 is 0. The first kappa shape index (κ1) is 31.1. The zero-order valence-corrected chi connectivity index (χ0v) is 25.3. The van der Waals surface area contributed by atoms with Crippen molar-refractivity contribution in [2.24, 2.45) is 0 Å². The fourth-order valence-corrected chi connectivity index (χ4v) is 5.84. The number of hydrogen-bond donors (Lipinski definition) is 0. The second kappa shape index (κ2) is 15.4. The smallest absolute Gasteiger partial charge is 0.186 e. The summed E-state index contributed by atoms with van der Waals surface area (Å²) in [6.07, 6.45) is 0. The predicted molar refractivity (Wildman–Crippen MR) is 173 cm³/mol. The molecule has 0 aliphatic carbocycles. The summed E-state index contributed by atoms with van der Waals surface area (Å²) in [6, 6.07) is 39.7. The van der Waals surface area contributed by atoms with E-state index in [9.17, 15) is 4.79 Å². The first-order chi connectivity index (χ1) is 20.1. The molecule has 5 rings (SSSR count). The van der Waals surface area contributed by atoms with Gasteiger partial charge in [-0.25, -0.2) is 0 Å². The molecular weight excluding hydrogens is 534 g/mol. The summed E-state index contributed by atoms with van der Waals surface area (Å²) < 4.78 is 19.0. The van der Waals surface area contributed by atoms with E-state index in [1.165, 1.54) is 0 Å². The quantitative estimate of drug-likeness (QED) is 0.114. The summed E-state index contributed by atoms with van der Waals surface area (Å²) in [5.74, 6) is 1.79. The van der Waals surface area contributed by atoms with Crippen LogP contribution in [0, 0.1) is 13.8 Å². The molecule has 4 nitrogen and oxygen atoms in total. The van der Waals surface area contributed by atoms with Gasteiger partial charge in [0.1, 0.15) is 37.1 Å². The summed E-state index contributed by atoms with van der Waals surface area (Å²) in [5.41, 5.74) is 5.84. The topological polar surface area (TPSA) is 44.8 Å². The van der Waals surface area contributed by atoms with Gasteiger partial charge in [-0.15, -0.1) is 0 Å². The Balaban J connectivity index is 0.00000405. The van der Waals surface area contributed by atoms with Crippen molar-refractivity contribution in [3.05, 3.63) is 155 Å². The van der Waals surface area contributed by atoms with Crippen LogP contribution in [0.15, 0.2) is 121 Å². The third-order valence-corrected chi connectivity index (χ3v) is 7.93. The van der Waals surface area contributed by atoms with Crippen molar-refractivity contribution < 1.29 is 19.0 Å². The zero-order chi connectivity index (χ0) is 28.4. The molecule has 0 bridgehead atoms. The first-order valence-electron chi connectivity index (χ1n) is 13.6. The van der Waals surface area contributed by atoms with Crippen molar-refractivity contribution in [3.8, 4) is 17.2 Å². The van der Waals surface area contributed by atoms with Gasteiger partial charge in [0.2, 0.25) is 0 Å². The molecule has 0 aliphatic heterocycles. The molecule has 1 unspecified atom stereocenters. The summed E-state index contributed by atoms with van der Waals surface area (Å²) in [6.45, 7) is 5.07. The average molecular weight is 568 g/mol. The minimum absolute atomic E-state index is 0. The number of carbonyl (C=O) groups is 1. The molecule has 0 aromatic heterocycles. The number of aryl methyl sites for hydroxylation is 2. The van der Waals surface area contributed by atoms with Gasteiger partial charge in [0.15, 0.2) is 5.52 Å². The van der Waals surface area contributed by atoms with Gasteiger partial charge in [0, 0.05) is 36.6 Å². The summed E-state index contributed by atoms with van der Waals surface area (Å²) in [5, 5.41) is 0.733. The SMILES string of the molecule is Cc1cccc(C)c1C(=O)Pc1c(OCc2ccccc2)cc(OCc2ccccc2)cc1OCc1ccccc1.[Li]. The Kier molecular flexibility index (Phi) is 11.4. The van der Waals surface area contributed by atoms with E-state index in [1.54, 1.807) is 0 Å². The summed E-state index contributed by atoms with van der Waals surface area (Å²) in [7, 11) is -0.192. The Morgan fingerprint density at radius 3 is 1.40 bits per heavy atom. The Labute approximate surface area is 262 Å². The Bertz CT molecular complexity index is 1510. The molecule has 0 spiro atoms. The number of ether oxygens (including phenoxy) is 3. The molecule has 0 heterocycles. The third kappa shape index (κ3) is 8.37. The van der Waals surface area contributed by atoms with E-state index in [-0.39, 0.29) is 33.0 Å². The molecule has 0 fully saturated rings. The van der Waals surface area contributed by atoms with Crippen molar-refractivity contribution >= 4 is 38.3 Å². The van der Waals surface area contributed by atoms with Gasteiger partial charge in [-0.1, -0.05) is 109 Å². The Morgan fingerprint density at radius 2 is 0.976 bits per heavy atom. The molecule has 207 valence electrons. The van der Waals surface area contributed by atoms with E-state index in [2.05, 4.69) is 0 Å². The molecule has 0 saturated carbocycles. The van der Waals surface area contributed by atoms with Crippen LogP contribution in [0.25, 0.3) is 0 Å². The van der Waals surface area contributed by atoms with E-state index in [1.807, 2.05) is 135 Å². The van der Waals surface area contributed by atoms with Crippen LogP contribution in [0.5, 0.6) is 17.2 Å². The van der Waals surface area contributed by atoms with Gasteiger partial charge < -0.3 is 14.2 Å². The fraction of sp³-hybridized carbons (Fsp3) is 0.139. The third-order valence-electron chi connectivity index (χ3n) is 6.71. The minimum atomic E-state index is -0.192. The van der Waals surface area contributed by atoms with Crippen molar-refractivity contribution in [3.63, 3.8) is 0 Å². The maximum Gasteiger partial charge on any atom is 0.186 e. The van der Waals surface area contributed by atoms with E-state index in [0.29, 0.717) is 37.1 Å². The zero-order valence-electron chi connectivity index (χ0n) is 24.3. The van der Waals surface area contributed by atoms with Crippen molar-refractivity contribution in [2.45, 2.75) is 33.7 Å². The largest absolute Gasteiger partial charge is 0.489 e. The van der Waals surface area contributed by atoms with E-state index in [4.69, 9.17) is 14.2 Å². The number of carbonyl (C=O) groups excluding carboxylic acids is 1. The molecule has 5 aromatic carbocycles. The van der Waals surface area contributed by atoms with Crippen LogP contribution in [0.4, 0.5) is 0 Å². The van der Waals surface area contributed by atoms with Crippen LogP contribution in [0.2, 0.25) is 0 Å². The minimum Gasteiger partial charge on any atom is -0.489 e. The average Bonchev–Trinajstić information content (AvgIpc) is 3.00. The molecule has 1 radical (unpaired) electrons. The van der Waals surface area contributed by atoms with Crippen molar-refractivity contribution in [2.75, 3.05) is 0 Å². The number of hydrogen-bond acceptors (Lipinski definition) is 4. The van der Waals surface area contributed by atoms with Crippen LogP contribution in [0.1, 0.15) is 38.2 Å². The van der Waals surface area contributed by atoms with Gasteiger partial charge in [-0.05, 0) is 50.2 Å². The Morgan fingerprint density at radius 1 is 0.571 bits per heavy atom. The monoisotopic (exact) mass is 567 g/mol. The van der Waals surface area contributed by atoms with Gasteiger partial charge >= 0.3 is 0 Å². The molecule has 0 saturated heterocycles. The van der Waals surface area contributed by atoms with E-state index in [0.717, 1.165) is 38.7 Å². The molecule has 42 heavy (non-hydrogen) atoms. The molecule has 1 atom stereocenters. The second-order valence-electron chi connectivity index (χ2n) is 9.84. The van der Waals surface area contributed by atoms with Crippen molar-refractivity contribution in [1.82, 2.24) is 0 Å². The molecule has 6 heteroatoms. The van der Waals surface area contributed by atoms with Gasteiger partial charge in [0.05, 0.1) is 5.30 Å². The van der Waals surface area contributed by atoms with Gasteiger partial charge in [-0.3, -0.25) is 4.79 Å². The standard InChI is InChI=1S/C36H33O4P.Li/c1-26-13-12-14-27(2)34(26)36(37)41-35-32(39-24-29-17-8-4-9-18-29)21-31(38-23-28-15-6-3-7-16-28)22-33(35)40-25-30-19-10-5-11-20-30;/h3-22,41H,23-25H2,1-2H3;. The van der Waals surface area contributed by atoms with E-state index < -0.39 is 0 Å².